The Morgan fingerprint density at radius 1 is 1.11 bits per heavy atom. The van der Waals surface area contributed by atoms with Gasteiger partial charge in [0.1, 0.15) is 11.6 Å². The second kappa shape index (κ2) is 11.1. The number of hydrogen-bond acceptors (Lipinski definition) is 8. The van der Waals surface area contributed by atoms with Gasteiger partial charge in [-0.2, -0.15) is 0 Å². The minimum atomic E-state index is -0.626. The molecule has 1 N–H and O–H groups in total. The Morgan fingerprint density at radius 3 is 2.14 bits per heavy atom. The zero-order valence-corrected chi connectivity index (χ0v) is 23.8. The summed E-state index contributed by atoms with van der Waals surface area (Å²) in [7, 11) is -0.514. The molecule has 1 aromatic rings. The van der Waals surface area contributed by atoms with E-state index >= 15 is 0 Å². The van der Waals surface area contributed by atoms with Crippen LogP contribution in [0.2, 0.25) is 0 Å². The highest BCUT2D eigenvalue weighted by atomic mass is 16.7. The molecule has 37 heavy (non-hydrogen) atoms. The van der Waals surface area contributed by atoms with Crippen LogP contribution in [0.15, 0.2) is 12.4 Å². The van der Waals surface area contributed by atoms with E-state index in [9.17, 15) is 9.59 Å². The van der Waals surface area contributed by atoms with E-state index in [0.717, 1.165) is 18.3 Å². The molecule has 3 rings (SSSR count). The molecule has 2 aliphatic rings. The van der Waals surface area contributed by atoms with E-state index in [0.29, 0.717) is 25.7 Å². The van der Waals surface area contributed by atoms with Crippen molar-refractivity contribution in [1.82, 2.24) is 20.2 Å². The third-order valence-electron chi connectivity index (χ3n) is 7.15. The van der Waals surface area contributed by atoms with E-state index in [1.807, 2.05) is 46.4 Å². The van der Waals surface area contributed by atoms with Crippen molar-refractivity contribution in [2.45, 2.75) is 98.0 Å². The van der Waals surface area contributed by atoms with Crippen molar-refractivity contribution < 1.29 is 28.4 Å². The number of alkyl carbamates (subject to hydrolysis) is 1. The molecule has 1 aromatic heterocycles. The first-order valence-corrected chi connectivity index (χ1v) is 13.2. The number of likely N-dealkylation sites (tertiary alicyclic amines) is 1. The normalized spacial score (nSPS) is 20.6. The fourth-order valence-corrected chi connectivity index (χ4v) is 4.16. The maximum absolute atomic E-state index is 13.1. The number of amides is 2. The van der Waals surface area contributed by atoms with Crippen LogP contribution in [0.5, 0.6) is 6.01 Å². The molecule has 0 radical (unpaired) electrons. The minimum absolute atomic E-state index is 0.0571. The molecule has 206 valence electrons. The van der Waals surface area contributed by atoms with Gasteiger partial charge in [0.05, 0.1) is 17.8 Å². The summed E-state index contributed by atoms with van der Waals surface area (Å²) in [6.07, 6.45) is 4.38. The first-order valence-electron chi connectivity index (χ1n) is 13.2. The summed E-state index contributed by atoms with van der Waals surface area (Å²) in [5.41, 5.74) is -0.727. The molecule has 2 fully saturated rings. The van der Waals surface area contributed by atoms with Crippen molar-refractivity contribution in [3.05, 3.63) is 12.4 Å². The van der Waals surface area contributed by atoms with Gasteiger partial charge in [-0.3, -0.25) is 4.79 Å². The van der Waals surface area contributed by atoms with Crippen molar-refractivity contribution in [2.75, 3.05) is 19.7 Å². The maximum Gasteiger partial charge on any atom is 0.498 e. The van der Waals surface area contributed by atoms with Gasteiger partial charge in [-0.1, -0.05) is 13.8 Å². The van der Waals surface area contributed by atoms with E-state index < -0.39 is 36.1 Å². The van der Waals surface area contributed by atoms with E-state index in [-0.39, 0.29) is 17.7 Å². The lowest BCUT2D eigenvalue weighted by molar-refractivity contribution is -0.136. The van der Waals surface area contributed by atoms with Crippen molar-refractivity contribution in [3.63, 3.8) is 0 Å². The topological polar surface area (TPSA) is 112 Å². The maximum atomic E-state index is 13.1. The molecular weight excluding hydrogens is 475 g/mol. The third kappa shape index (κ3) is 7.57. The molecule has 10 nitrogen and oxygen atoms in total. The summed E-state index contributed by atoms with van der Waals surface area (Å²) in [5, 5.41) is 2.75. The van der Waals surface area contributed by atoms with Crippen LogP contribution in [-0.2, 0) is 18.8 Å². The average molecular weight is 518 g/mol. The summed E-state index contributed by atoms with van der Waals surface area (Å²) in [4.78, 5) is 35.8. The van der Waals surface area contributed by atoms with Crippen LogP contribution in [-0.4, -0.2) is 76.5 Å². The Bertz CT molecular complexity index is 923. The quantitative estimate of drug-likeness (QED) is 0.549. The smallest absolute Gasteiger partial charge is 0.463 e. The highest BCUT2D eigenvalue weighted by molar-refractivity contribution is 6.61. The lowest BCUT2D eigenvalue weighted by atomic mass is 9.81. The summed E-state index contributed by atoms with van der Waals surface area (Å²) in [5.74, 6) is 0.145. The molecular formula is C26H43BN4O6. The van der Waals surface area contributed by atoms with Crippen molar-refractivity contribution in [2.24, 2.45) is 11.8 Å². The average Bonchev–Trinajstić information content (AvgIpc) is 3.01. The number of nitrogens with one attached hydrogen (secondary N) is 1. The second-order valence-electron chi connectivity index (χ2n) is 12.3. The fraction of sp³-hybridized carbons (Fsp3) is 0.769. The molecule has 0 aliphatic carbocycles. The molecule has 11 heteroatoms. The number of piperidine rings is 1. The lowest BCUT2D eigenvalue weighted by Gasteiger charge is -2.35. The fourth-order valence-electron chi connectivity index (χ4n) is 4.16. The molecule has 0 bridgehead atoms. The van der Waals surface area contributed by atoms with Crippen LogP contribution in [0.25, 0.3) is 0 Å². The van der Waals surface area contributed by atoms with E-state index in [2.05, 4.69) is 15.3 Å². The first-order chi connectivity index (χ1) is 17.1. The van der Waals surface area contributed by atoms with E-state index in [1.54, 1.807) is 33.2 Å². The summed E-state index contributed by atoms with van der Waals surface area (Å²) < 4.78 is 23.3. The van der Waals surface area contributed by atoms with Crippen LogP contribution in [0.4, 0.5) is 4.79 Å². The minimum Gasteiger partial charge on any atom is -0.463 e. The predicted molar refractivity (Wildman–Crippen MR) is 141 cm³/mol. The number of aromatic nitrogens is 2. The van der Waals surface area contributed by atoms with Gasteiger partial charge >= 0.3 is 19.2 Å². The highest BCUT2D eigenvalue weighted by Gasteiger charge is 2.52. The van der Waals surface area contributed by atoms with Crippen molar-refractivity contribution >= 4 is 24.6 Å². The standard InChI is InChI=1S/C26H43BN4O6/c1-17(2)20(30-23(33)35-24(3,4)5)21(32)31-12-10-18(11-13-31)16-34-22-28-14-19(15-29-22)27-36-25(6,7)26(8,9)37-27/h14-15,17-18,20H,10-13,16H2,1-9H3,(H,30,33)/t20-/m1/s1. The predicted octanol–water partition coefficient (Wildman–Crippen LogP) is 2.94. The molecule has 0 unspecified atom stereocenters. The highest BCUT2D eigenvalue weighted by Crippen LogP contribution is 2.36. The van der Waals surface area contributed by atoms with Gasteiger partial charge in [0.25, 0.3) is 0 Å². The Morgan fingerprint density at radius 2 is 1.65 bits per heavy atom. The van der Waals surface area contributed by atoms with Gasteiger partial charge in [-0.05, 0) is 73.1 Å². The van der Waals surface area contributed by atoms with Gasteiger partial charge in [-0.15, -0.1) is 0 Å². The molecule has 2 saturated heterocycles. The van der Waals surface area contributed by atoms with Crippen LogP contribution < -0.4 is 15.5 Å². The Hall–Kier alpha value is -2.40. The van der Waals surface area contributed by atoms with Crippen LogP contribution in [0.3, 0.4) is 0 Å². The molecule has 3 heterocycles. The number of carbonyl (C=O) groups is 2. The molecule has 2 aliphatic heterocycles. The number of carbonyl (C=O) groups excluding carboxylic acids is 2. The van der Waals surface area contributed by atoms with E-state index in [1.165, 1.54) is 0 Å². The Labute approximate surface area is 221 Å². The van der Waals surface area contributed by atoms with Crippen molar-refractivity contribution in [3.8, 4) is 6.01 Å². The van der Waals surface area contributed by atoms with Gasteiger partial charge < -0.3 is 29.0 Å². The van der Waals surface area contributed by atoms with Gasteiger partial charge in [0.2, 0.25) is 5.91 Å². The SMILES string of the molecule is CC(C)[C@@H](NC(=O)OC(C)(C)C)C(=O)N1CCC(COc2ncc(B3OC(C)(C)C(C)(C)O3)cn2)CC1. The van der Waals surface area contributed by atoms with Gasteiger partial charge in [0.15, 0.2) is 0 Å². The van der Waals surface area contributed by atoms with Gasteiger partial charge in [0, 0.05) is 30.9 Å². The van der Waals surface area contributed by atoms with Gasteiger partial charge in [-0.25, -0.2) is 14.8 Å². The lowest BCUT2D eigenvalue weighted by Crippen LogP contribution is -2.53. The van der Waals surface area contributed by atoms with E-state index in [4.69, 9.17) is 18.8 Å². The number of rotatable bonds is 7. The zero-order chi connectivity index (χ0) is 27.6. The monoisotopic (exact) mass is 518 g/mol. The molecule has 1 atom stereocenters. The summed E-state index contributed by atoms with van der Waals surface area (Å²) in [6, 6.07) is -0.321. The Kier molecular flexibility index (Phi) is 8.79. The molecule has 0 aromatic carbocycles. The largest absolute Gasteiger partial charge is 0.498 e. The number of nitrogens with zero attached hydrogens (tertiary/aromatic N) is 3. The summed E-state index contributed by atoms with van der Waals surface area (Å²) in [6.45, 7) is 18.9. The number of ether oxygens (including phenoxy) is 2. The zero-order valence-electron chi connectivity index (χ0n) is 23.8. The Balaban J connectivity index is 1.46. The summed E-state index contributed by atoms with van der Waals surface area (Å²) >= 11 is 0. The van der Waals surface area contributed by atoms with Crippen LogP contribution in [0, 0.1) is 11.8 Å². The molecule has 0 spiro atoms. The molecule has 0 saturated carbocycles. The van der Waals surface area contributed by atoms with Crippen LogP contribution in [0.1, 0.15) is 75.2 Å². The third-order valence-corrected chi connectivity index (χ3v) is 7.15. The molecule has 2 amide bonds. The first kappa shape index (κ1) is 29.2. The van der Waals surface area contributed by atoms with Crippen molar-refractivity contribution in [1.29, 1.82) is 0 Å². The number of hydrogen-bond donors (Lipinski definition) is 1. The second-order valence-corrected chi connectivity index (χ2v) is 12.3. The van der Waals surface area contributed by atoms with Crippen LogP contribution >= 0.6 is 0 Å².